The fourth-order valence-corrected chi connectivity index (χ4v) is 2.85. The Kier molecular flexibility index (Phi) is 3.10. The molecule has 0 atom stereocenters. The lowest BCUT2D eigenvalue weighted by Gasteiger charge is -2.15. The van der Waals surface area contributed by atoms with Gasteiger partial charge < -0.3 is 5.11 Å². The average Bonchev–Trinajstić information content (AvgIpc) is 3.04. The number of pyridine rings is 1. The topological polar surface area (TPSA) is 41.2 Å². The molecule has 0 radical (unpaired) electrons. The Hall–Kier alpha value is -2.22. The number of nitrogens with zero attached hydrogens (tertiary/aromatic N) is 1. The van der Waals surface area contributed by atoms with E-state index in [-0.39, 0.29) is 0 Å². The molecule has 0 bridgehead atoms. The van der Waals surface area contributed by atoms with Gasteiger partial charge in [-0.1, -0.05) is 6.07 Å². The fraction of sp³-hybridized carbons (Fsp3) is 0.143. The van der Waals surface area contributed by atoms with E-state index in [0.717, 1.165) is 15.0 Å². The van der Waals surface area contributed by atoms with E-state index in [1.807, 2.05) is 17.5 Å². The van der Waals surface area contributed by atoms with Crippen LogP contribution >= 0.6 is 11.3 Å². The lowest BCUT2D eigenvalue weighted by Crippen LogP contribution is -2.44. The van der Waals surface area contributed by atoms with Crippen molar-refractivity contribution in [2.45, 2.75) is 11.8 Å². The van der Waals surface area contributed by atoms with Crippen LogP contribution in [0.4, 0.5) is 17.6 Å². The van der Waals surface area contributed by atoms with Crippen molar-refractivity contribution in [3.63, 3.8) is 0 Å². The summed E-state index contributed by atoms with van der Waals surface area (Å²) in [4.78, 5) is 12.4. The Bertz CT molecular complexity index is 767. The molecule has 2 heterocycles. The molecule has 3 nitrogen and oxygen atoms in total. The van der Waals surface area contributed by atoms with E-state index in [4.69, 9.17) is 0 Å². The predicted octanol–water partition coefficient (Wildman–Crippen LogP) is 3.28. The van der Waals surface area contributed by atoms with Crippen molar-refractivity contribution in [2.75, 3.05) is 0 Å². The van der Waals surface area contributed by atoms with Crippen LogP contribution < -0.4 is 4.57 Å². The molecule has 0 saturated carbocycles. The Morgan fingerprint density at radius 1 is 1.05 bits per heavy atom. The van der Waals surface area contributed by atoms with Crippen LogP contribution in [0.2, 0.25) is 0 Å². The van der Waals surface area contributed by atoms with Crippen molar-refractivity contribution < 1.29 is 32.0 Å². The van der Waals surface area contributed by atoms with Crippen LogP contribution in [0.3, 0.4) is 0 Å². The molecule has 1 aliphatic rings. The van der Waals surface area contributed by atoms with Crippen molar-refractivity contribution in [1.29, 1.82) is 0 Å². The first-order valence-electron chi connectivity index (χ1n) is 6.06. The van der Waals surface area contributed by atoms with Gasteiger partial charge in [0.25, 0.3) is 0 Å². The molecule has 0 amide bonds. The molecule has 3 rings (SSSR count). The average molecular weight is 330 g/mol. The zero-order valence-corrected chi connectivity index (χ0v) is 11.6. The number of hydrogen-bond donors (Lipinski definition) is 1. The first-order chi connectivity index (χ1) is 10.3. The smallest absolute Gasteiger partial charge is 0.385 e. The molecular formula is C14H8F4NO2S+. The third kappa shape index (κ3) is 1.87. The first kappa shape index (κ1) is 14.7. The number of aliphatic hydroxyl groups is 1. The highest BCUT2D eigenvalue weighted by Gasteiger charge is 2.74. The molecule has 22 heavy (non-hydrogen) atoms. The van der Waals surface area contributed by atoms with Crippen molar-refractivity contribution in [2.24, 2.45) is 0 Å². The van der Waals surface area contributed by atoms with Gasteiger partial charge >= 0.3 is 23.3 Å². The maximum atomic E-state index is 13.3. The molecule has 114 valence electrons. The highest BCUT2D eigenvalue weighted by atomic mass is 32.1. The van der Waals surface area contributed by atoms with Crippen LogP contribution in [-0.4, -0.2) is 22.7 Å². The molecule has 0 saturated heterocycles. The number of alkyl halides is 4. The summed E-state index contributed by atoms with van der Waals surface area (Å²) in [6, 6.07) is 6.60. The summed E-state index contributed by atoms with van der Waals surface area (Å²) >= 11 is 1.44. The van der Waals surface area contributed by atoms with Gasteiger partial charge in [0.1, 0.15) is 0 Å². The van der Waals surface area contributed by atoms with E-state index < -0.39 is 29.1 Å². The largest absolute Gasteiger partial charge is 0.501 e. The molecule has 0 unspecified atom stereocenters. The summed E-state index contributed by atoms with van der Waals surface area (Å²) in [7, 11) is 0. The number of allylic oxidation sites excluding steroid dienone is 2. The van der Waals surface area contributed by atoms with Gasteiger partial charge in [0.05, 0.1) is 0 Å². The van der Waals surface area contributed by atoms with Crippen LogP contribution in [0.5, 0.6) is 0 Å². The van der Waals surface area contributed by atoms with Crippen LogP contribution in [0.15, 0.2) is 47.8 Å². The van der Waals surface area contributed by atoms with E-state index in [9.17, 15) is 27.5 Å². The van der Waals surface area contributed by atoms with Crippen LogP contribution in [0, 0.1) is 0 Å². The van der Waals surface area contributed by atoms with Gasteiger partial charge in [-0.15, -0.1) is 11.3 Å². The molecule has 0 spiro atoms. The number of carbonyl (C=O) groups excluding carboxylic acids is 1. The Morgan fingerprint density at radius 2 is 1.68 bits per heavy atom. The second kappa shape index (κ2) is 4.64. The van der Waals surface area contributed by atoms with Crippen molar-refractivity contribution in [3.8, 4) is 10.4 Å². The normalized spacial score (nSPS) is 19.7. The SMILES string of the molecule is O=C1C([n+]2ccc(-c3cccs3)cc2)=C(O)C(F)(F)C1(F)F. The monoisotopic (exact) mass is 330 g/mol. The summed E-state index contributed by atoms with van der Waals surface area (Å²) in [5.74, 6) is -13.9. The standard InChI is InChI=1S/C14H7F4NO2S/c15-13(16)11(20)10(12(21)14(13,17)18)19-5-3-8(4-6-19)9-2-1-7-22-9/h1-7H/p+1. The van der Waals surface area contributed by atoms with Gasteiger partial charge in [0, 0.05) is 22.6 Å². The van der Waals surface area contributed by atoms with E-state index in [1.165, 1.54) is 35.9 Å². The second-order valence-corrected chi connectivity index (χ2v) is 5.59. The molecule has 0 aliphatic heterocycles. The number of Topliss-reactive ketones (excluding diaryl/α,β-unsaturated/α-hetero) is 1. The minimum atomic E-state index is -4.95. The number of carbonyl (C=O) groups is 1. The molecule has 1 aliphatic carbocycles. The van der Waals surface area contributed by atoms with Gasteiger partial charge in [-0.05, 0) is 11.4 Å². The number of ketones is 1. The quantitative estimate of drug-likeness (QED) is 0.678. The molecule has 0 fully saturated rings. The van der Waals surface area contributed by atoms with Gasteiger partial charge in [0.2, 0.25) is 5.76 Å². The second-order valence-electron chi connectivity index (χ2n) is 4.65. The lowest BCUT2D eigenvalue weighted by molar-refractivity contribution is -0.578. The van der Waals surface area contributed by atoms with Crippen molar-refractivity contribution >= 4 is 22.8 Å². The predicted molar refractivity (Wildman–Crippen MR) is 70.7 cm³/mol. The van der Waals surface area contributed by atoms with Crippen LogP contribution in [-0.2, 0) is 4.79 Å². The van der Waals surface area contributed by atoms with Crippen molar-refractivity contribution in [3.05, 3.63) is 47.8 Å². The Balaban J connectivity index is 2.05. The van der Waals surface area contributed by atoms with E-state index in [2.05, 4.69) is 0 Å². The fourth-order valence-electron chi connectivity index (χ4n) is 2.12. The van der Waals surface area contributed by atoms with Crippen molar-refractivity contribution in [1.82, 2.24) is 0 Å². The zero-order chi connectivity index (χ0) is 16.1. The third-order valence-electron chi connectivity index (χ3n) is 3.31. The Morgan fingerprint density at radius 3 is 2.14 bits per heavy atom. The molecule has 2 aromatic heterocycles. The minimum Gasteiger partial charge on any atom is -0.501 e. The summed E-state index contributed by atoms with van der Waals surface area (Å²) < 4.78 is 54.0. The van der Waals surface area contributed by atoms with Gasteiger partial charge in [0.15, 0.2) is 12.4 Å². The van der Waals surface area contributed by atoms with E-state index >= 15 is 0 Å². The molecule has 2 aromatic rings. The summed E-state index contributed by atoms with van der Waals surface area (Å²) in [6.45, 7) is 0. The van der Waals surface area contributed by atoms with Gasteiger partial charge in [-0.2, -0.15) is 22.1 Å². The Labute approximate surface area is 125 Å². The third-order valence-corrected chi connectivity index (χ3v) is 4.23. The zero-order valence-electron chi connectivity index (χ0n) is 10.8. The first-order valence-corrected chi connectivity index (χ1v) is 6.94. The number of halogens is 4. The maximum Gasteiger partial charge on any atom is 0.385 e. The minimum absolute atomic E-state index is 0.732. The summed E-state index contributed by atoms with van der Waals surface area (Å²) in [5.41, 5.74) is -0.386. The van der Waals surface area contributed by atoms with Crippen LogP contribution in [0.25, 0.3) is 16.1 Å². The highest BCUT2D eigenvalue weighted by Crippen LogP contribution is 2.47. The lowest BCUT2D eigenvalue weighted by atomic mass is 10.2. The maximum absolute atomic E-state index is 13.3. The van der Waals surface area contributed by atoms with Crippen LogP contribution in [0.1, 0.15) is 0 Å². The summed E-state index contributed by atoms with van der Waals surface area (Å²) in [5, 5.41) is 11.2. The summed E-state index contributed by atoms with van der Waals surface area (Å²) in [6.07, 6.45) is 2.35. The number of thiophene rings is 1. The number of hydrogen-bond acceptors (Lipinski definition) is 3. The van der Waals surface area contributed by atoms with E-state index in [1.54, 1.807) is 0 Å². The van der Waals surface area contributed by atoms with Gasteiger partial charge in [-0.3, -0.25) is 4.79 Å². The van der Waals surface area contributed by atoms with E-state index in [0.29, 0.717) is 0 Å². The number of aromatic nitrogens is 1. The molecule has 8 heteroatoms. The molecule has 1 N–H and O–H groups in total. The molecule has 0 aromatic carbocycles. The number of rotatable bonds is 2. The highest BCUT2D eigenvalue weighted by molar-refractivity contribution is 7.13. The number of aliphatic hydroxyl groups excluding tert-OH is 1. The van der Waals surface area contributed by atoms with Gasteiger partial charge in [-0.25, -0.2) is 0 Å². The molecular weight excluding hydrogens is 322 g/mol.